The van der Waals surface area contributed by atoms with Gasteiger partial charge in [-0.2, -0.15) is 0 Å². The van der Waals surface area contributed by atoms with Crippen LogP contribution in [-0.4, -0.2) is 7.05 Å². The molecule has 0 aliphatic rings. The van der Waals surface area contributed by atoms with Crippen molar-refractivity contribution in [3.63, 3.8) is 0 Å². The first-order chi connectivity index (χ1) is 5.57. The van der Waals surface area contributed by atoms with E-state index in [1.807, 2.05) is 6.92 Å². The molecule has 0 aromatic heterocycles. The van der Waals surface area contributed by atoms with Gasteiger partial charge in [0.25, 0.3) is 0 Å². The van der Waals surface area contributed by atoms with E-state index >= 15 is 0 Å². The number of anilines is 4. The predicted octanol–water partition coefficient (Wildman–Crippen LogP) is 0.783. The summed E-state index contributed by atoms with van der Waals surface area (Å²) in [5.74, 6) is 0. The van der Waals surface area contributed by atoms with Crippen molar-refractivity contribution in [1.29, 1.82) is 0 Å². The van der Waals surface area contributed by atoms with E-state index in [1.165, 1.54) is 0 Å². The van der Waals surface area contributed by atoms with Crippen LogP contribution in [0, 0.1) is 6.92 Å². The van der Waals surface area contributed by atoms with E-state index in [-0.39, 0.29) is 0 Å². The van der Waals surface area contributed by atoms with Gasteiger partial charge in [0.1, 0.15) is 0 Å². The summed E-state index contributed by atoms with van der Waals surface area (Å²) in [6.45, 7) is 1.88. The van der Waals surface area contributed by atoms with Crippen LogP contribution in [0.5, 0.6) is 0 Å². The summed E-state index contributed by atoms with van der Waals surface area (Å²) < 4.78 is 0. The molecule has 12 heavy (non-hydrogen) atoms. The molecule has 0 aliphatic carbocycles. The second-order valence-corrected chi connectivity index (χ2v) is 2.72. The normalized spacial score (nSPS) is 9.83. The van der Waals surface area contributed by atoms with Crippen molar-refractivity contribution >= 4 is 22.7 Å². The molecule has 1 rings (SSSR count). The molecule has 1 aromatic rings. The first-order valence-corrected chi connectivity index (χ1v) is 3.69. The van der Waals surface area contributed by atoms with Crippen molar-refractivity contribution in [2.24, 2.45) is 0 Å². The van der Waals surface area contributed by atoms with Crippen LogP contribution in [-0.2, 0) is 0 Å². The summed E-state index contributed by atoms with van der Waals surface area (Å²) in [6.07, 6.45) is 0. The number of rotatable bonds is 1. The van der Waals surface area contributed by atoms with Crippen LogP contribution < -0.4 is 22.5 Å². The lowest BCUT2D eigenvalue weighted by molar-refractivity contribution is 1.41. The highest BCUT2D eigenvalue weighted by molar-refractivity contribution is 5.84. The Morgan fingerprint density at radius 2 is 1.75 bits per heavy atom. The molecule has 4 heteroatoms. The molecule has 4 nitrogen and oxygen atoms in total. The van der Waals surface area contributed by atoms with Gasteiger partial charge in [-0.3, -0.25) is 0 Å². The van der Waals surface area contributed by atoms with Gasteiger partial charge in [0.05, 0.1) is 22.7 Å². The van der Waals surface area contributed by atoms with Gasteiger partial charge in [0.2, 0.25) is 0 Å². The summed E-state index contributed by atoms with van der Waals surface area (Å²) in [7, 11) is 1.80. The third-order valence-corrected chi connectivity index (χ3v) is 1.94. The highest BCUT2D eigenvalue weighted by atomic mass is 14.9. The summed E-state index contributed by atoms with van der Waals surface area (Å²) in [6, 6.07) is 1.66. The molecule has 0 fully saturated rings. The average molecular weight is 166 g/mol. The summed E-state index contributed by atoms with van der Waals surface area (Å²) >= 11 is 0. The lowest BCUT2D eigenvalue weighted by Crippen LogP contribution is -2.04. The van der Waals surface area contributed by atoms with E-state index in [9.17, 15) is 0 Å². The minimum atomic E-state index is 0.531. The highest BCUT2D eigenvalue weighted by Gasteiger charge is 2.07. The molecule has 0 spiro atoms. The Kier molecular flexibility index (Phi) is 1.99. The second kappa shape index (κ2) is 2.81. The maximum Gasteiger partial charge on any atom is 0.0623 e. The predicted molar refractivity (Wildman–Crippen MR) is 54.0 cm³/mol. The molecule has 0 aliphatic heterocycles. The molecule has 0 atom stereocenters. The zero-order valence-electron chi connectivity index (χ0n) is 7.31. The fraction of sp³-hybridized carbons (Fsp3) is 0.250. The topological polar surface area (TPSA) is 90.1 Å². The van der Waals surface area contributed by atoms with Gasteiger partial charge < -0.3 is 22.5 Å². The fourth-order valence-corrected chi connectivity index (χ4v) is 1.22. The van der Waals surface area contributed by atoms with Crippen molar-refractivity contribution in [3.05, 3.63) is 11.6 Å². The maximum atomic E-state index is 5.71. The first-order valence-electron chi connectivity index (χ1n) is 3.69. The molecule has 1 aromatic carbocycles. The Bertz CT molecular complexity index is 306. The lowest BCUT2D eigenvalue weighted by atomic mass is 10.1. The Morgan fingerprint density at radius 3 is 2.25 bits per heavy atom. The van der Waals surface area contributed by atoms with Crippen molar-refractivity contribution in [2.45, 2.75) is 6.92 Å². The van der Waals surface area contributed by atoms with Crippen LogP contribution in [0.1, 0.15) is 5.56 Å². The smallest absolute Gasteiger partial charge is 0.0623 e. The average Bonchev–Trinajstić information content (AvgIpc) is 2.01. The first kappa shape index (κ1) is 8.52. The third kappa shape index (κ3) is 1.11. The van der Waals surface area contributed by atoms with Crippen LogP contribution in [0.25, 0.3) is 0 Å². The Hall–Kier alpha value is -1.58. The standard InChI is InChI=1S/C8H14N4/c1-4-7(11)5(9)3-6(10)8(4)12-2/h3,12H,9-11H2,1-2H3. The van der Waals surface area contributed by atoms with Crippen molar-refractivity contribution in [2.75, 3.05) is 29.6 Å². The number of benzene rings is 1. The van der Waals surface area contributed by atoms with Gasteiger partial charge in [-0.15, -0.1) is 0 Å². The van der Waals surface area contributed by atoms with Crippen molar-refractivity contribution in [3.8, 4) is 0 Å². The van der Waals surface area contributed by atoms with Crippen LogP contribution in [0.2, 0.25) is 0 Å². The molecule has 0 saturated heterocycles. The SMILES string of the molecule is CNc1c(N)cc(N)c(N)c1C. The molecule has 66 valence electrons. The van der Waals surface area contributed by atoms with Crippen molar-refractivity contribution in [1.82, 2.24) is 0 Å². The fourth-order valence-electron chi connectivity index (χ4n) is 1.22. The van der Waals surface area contributed by atoms with Crippen LogP contribution >= 0.6 is 0 Å². The van der Waals surface area contributed by atoms with Crippen molar-refractivity contribution < 1.29 is 0 Å². The molecule has 0 unspecified atom stereocenters. The summed E-state index contributed by atoms with van der Waals surface area (Å²) in [5, 5.41) is 2.97. The minimum Gasteiger partial charge on any atom is -0.397 e. The van der Waals surface area contributed by atoms with Gasteiger partial charge in [-0.05, 0) is 18.6 Å². The number of nitrogen functional groups attached to an aromatic ring is 3. The van der Waals surface area contributed by atoms with Crippen LogP contribution in [0.4, 0.5) is 22.7 Å². The lowest BCUT2D eigenvalue weighted by Gasteiger charge is -2.12. The summed E-state index contributed by atoms with van der Waals surface area (Å²) in [4.78, 5) is 0. The molecular formula is C8H14N4. The Labute approximate surface area is 71.7 Å². The molecule has 7 N–H and O–H groups in total. The number of hydrogen-bond acceptors (Lipinski definition) is 4. The monoisotopic (exact) mass is 166 g/mol. The molecule has 0 saturated carbocycles. The maximum absolute atomic E-state index is 5.71. The molecule has 0 radical (unpaired) electrons. The number of hydrogen-bond donors (Lipinski definition) is 4. The van der Waals surface area contributed by atoms with Crippen LogP contribution in [0.3, 0.4) is 0 Å². The summed E-state index contributed by atoms with van der Waals surface area (Å²) in [5.41, 5.74) is 20.5. The van der Waals surface area contributed by atoms with Gasteiger partial charge >= 0.3 is 0 Å². The van der Waals surface area contributed by atoms with E-state index in [4.69, 9.17) is 17.2 Å². The third-order valence-electron chi connectivity index (χ3n) is 1.94. The highest BCUT2D eigenvalue weighted by Crippen LogP contribution is 2.32. The molecule has 0 heterocycles. The van der Waals surface area contributed by atoms with Gasteiger partial charge in [0, 0.05) is 7.05 Å². The Balaban J connectivity index is 3.40. The van der Waals surface area contributed by atoms with E-state index in [0.717, 1.165) is 11.3 Å². The quantitative estimate of drug-likeness (QED) is 0.464. The zero-order valence-corrected chi connectivity index (χ0v) is 7.31. The van der Waals surface area contributed by atoms with E-state index in [1.54, 1.807) is 13.1 Å². The van der Waals surface area contributed by atoms with Gasteiger partial charge in [-0.25, -0.2) is 0 Å². The second-order valence-electron chi connectivity index (χ2n) is 2.72. The zero-order chi connectivity index (χ0) is 9.30. The minimum absolute atomic E-state index is 0.531. The molecule has 0 bridgehead atoms. The van der Waals surface area contributed by atoms with Crippen LogP contribution in [0.15, 0.2) is 6.07 Å². The molecular weight excluding hydrogens is 152 g/mol. The molecule has 0 amide bonds. The number of nitrogens with one attached hydrogen (secondary N) is 1. The van der Waals surface area contributed by atoms with Gasteiger partial charge in [-0.1, -0.05) is 0 Å². The van der Waals surface area contributed by atoms with E-state index in [0.29, 0.717) is 17.1 Å². The van der Waals surface area contributed by atoms with E-state index in [2.05, 4.69) is 5.32 Å². The Morgan fingerprint density at radius 1 is 1.17 bits per heavy atom. The van der Waals surface area contributed by atoms with E-state index < -0.39 is 0 Å². The number of nitrogens with two attached hydrogens (primary N) is 3. The largest absolute Gasteiger partial charge is 0.397 e. The van der Waals surface area contributed by atoms with Gasteiger partial charge in [0.15, 0.2) is 0 Å².